The highest BCUT2D eigenvalue weighted by molar-refractivity contribution is 7.05. The Morgan fingerprint density at radius 2 is 1.94 bits per heavy atom. The van der Waals surface area contributed by atoms with Gasteiger partial charge >= 0.3 is 0 Å². The van der Waals surface area contributed by atoms with Gasteiger partial charge in [0.05, 0.1) is 10.6 Å². The third-order valence-corrected chi connectivity index (χ3v) is 4.04. The van der Waals surface area contributed by atoms with Gasteiger partial charge in [-0.2, -0.15) is 0 Å². The fourth-order valence-electron chi connectivity index (χ4n) is 1.95. The van der Waals surface area contributed by atoms with Crippen LogP contribution in [0, 0.1) is 5.92 Å². The minimum atomic E-state index is 0.423. The first kappa shape index (κ1) is 14.6. The molecule has 0 aliphatic carbocycles. The maximum absolute atomic E-state index is 4.28. The van der Waals surface area contributed by atoms with Crippen molar-refractivity contribution in [2.24, 2.45) is 5.92 Å². The van der Waals surface area contributed by atoms with E-state index < -0.39 is 0 Å². The molecule has 0 amide bonds. The lowest BCUT2D eigenvalue weighted by Crippen LogP contribution is -2.23. The molecule has 4 heteroatoms. The molecule has 0 fully saturated rings. The third-order valence-electron chi connectivity index (χ3n) is 3.19. The van der Waals surface area contributed by atoms with Gasteiger partial charge in [0.2, 0.25) is 0 Å². The Bertz CT molecular complexity index is 322. The molecule has 1 aromatic rings. The normalized spacial score (nSPS) is 15.2. The van der Waals surface area contributed by atoms with E-state index in [9.17, 15) is 0 Å². The van der Waals surface area contributed by atoms with Gasteiger partial charge in [0.15, 0.2) is 0 Å². The van der Waals surface area contributed by atoms with Crippen LogP contribution in [0.5, 0.6) is 0 Å². The Morgan fingerprint density at radius 3 is 2.47 bits per heavy atom. The molecule has 1 N–H and O–H groups in total. The summed E-state index contributed by atoms with van der Waals surface area (Å²) in [5.74, 6) is 1.20. The Kier molecular flexibility index (Phi) is 6.06. The summed E-state index contributed by atoms with van der Waals surface area (Å²) < 4.78 is 4.13. The lowest BCUT2D eigenvalue weighted by molar-refractivity contribution is 0.409. The topological polar surface area (TPSA) is 37.8 Å². The molecule has 98 valence electrons. The highest BCUT2D eigenvalue weighted by Gasteiger charge is 2.21. The predicted molar refractivity (Wildman–Crippen MR) is 74.5 cm³/mol. The number of hydrogen-bond acceptors (Lipinski definition) is 4. The van der Waals surface area contributed by atoms with Crippen LogP contribution >= 0.6 is 11.5 Å². The van der Waals surface area contributed by atoms with Crippen molar-refractivity contribution >= 4 is 11.5 Å². The molecular formula is C13H25N3S. The molecule has 17 heavy (non-hydrogen) atoms. The van der Waals surface area contributed by atoms with Gasteiger partial charge in [-0.25, -0.2) is 0 Å². The summed E-state index contributed by atoms with van der Waals surface area (Å²) in [5.41, 5.74) is 1.17. The van der Waals surface area contributed by atoms with Crippen LogP contribution in [-0.2, 0) is 0 Å². The average molecular weight is 255 g/mol. The number of aromatic nitrogens is 2. The second kappa shape index (κ2) is 7.07. The van der Waals surface area contributed by atoms with E-state index in [0.29, 0.717) is 12.0 Å². The lowest BCUT2D eigenvalue weighted by Gasteiger charge is -2.21. The smallest absolute Gasteiger partial charge is 0.0829 e. The molecule has 0 saturated carbocycles. The zero-order chi connectivity index (χ0) is 12.8. The van der Waals surface area contributed by atoms with Crippen molar-refractivity contribution in [2.45, 2.75) is 59.4 Å². The Hall–Kier alpha value is -0.480. The first-order valence-electron chi connectivity index (χ1n) is 6.65. The van der Waals surface area contributed by atoms with E-state index in [1.807, 2.05) is 0 Å². The van der Waals surface area contributed by atoms with E-state index in [4.69, 9.17) is 0 Å². The third kappa shape index (κ3) is 4.03. The van der Waals surface area contributed by atoms with Crippen LogP contribution in [0.25, 0.3) is 0 Å². The largest absolute Gasteiger partial charge is 0.309 e. The van der Waals surface area contributed by atoms with Gasteiger partial charge in [0, 0.05) is 6.04 Å². The van der Waals surface area contributed by atoms with E-state index in [0.717, 1.165) is 12.5 Å². The molecule has 3 nitrogen and oxygen atoms in total. The van der Waals surface area contributed by atoms with Crippen LogP contribution in [0.15, 0.2) is 0 Å². The van der Waals surface area contributed by atoms with Crippen molar-refractivity contribution in [1.29, 1.82) is 0 Å². The quantitative estimate of drug-likeness (QED) is 0.806. The molecule has 0 saturated heterocycles. The maximum atomic E-state index is 4.28. The monoisotopic (exact) mass is 255 g/mol. The van der Waals surface area contributed by atoms with E-state index >= 15 is 0 Å². The second-order valence-corrected chi connectivity index (χ2v) is 5.82. The maximum Gasteiger partial charge on any atom is 0.0829 e. The minimum absolute atomic E-state index is 0.423. The van der Waals surface area contributed by atoms with Crippen molar-refractivity contribution in [2.75, 3.05) is 6.54 Å². The van der Waals surface area contributed by atoms with Gasteiger partial charge in [0.25, 0.3) is 0 Å². The number of hydrogen-bond donors (Lipinski definition) is 1. The van der Waals surface area contributed by atoms with Gasteiger partial charge in [0.1, 0.15) is 0 Å². The molecular weight excluding hydrogens is 230 g/mol. The molecule has 2 atom stereocenters. The van der Waals surface area contributed by atoms with Crippen LogP contribution in [0.4, 0.5) is 0 Å². The van der Waals surface area contributed by atoms with E-state index in [-0.39, 0.29) is 0 Å². The van der Waals surface area contributed by atoms with Crippen molar-refractivity contribution in [3.05, 3.63) is 10.6 Å². The van der Waals surface area contributed by atoms with Gasteiger partial charge in [-0.1, -0.05) is 45.5 Å². The van der Waals surface area contributed by atoms with Crippen LogP contribution in [0.1, 0.15) is 70.0 Å². The van der Waals surface area contributed by atoms with E-state index in [1.54, 1.807) is 11.5 Å². The first-order valence-corrected chi connectivity index (χ1v) is 7.42. The van der Waals surface area contributed by atoms with Gasteiger partial charge in [-0.15, -0.1) is 5.10 Å². The van der Waals surface area contributed by atoms with Gasteiger partial charge < -0.3 is 5.32 Å². The molecule has 0 bridgehead atoms. The van der Waals surface area contributed by atoms with Crippen LogP contribution in [-0.4, -0.2) is 16.1 Å². The van der Waals surface area contributed by atoms with Crippen LogP contribution in [0.2, 0.25) is 0 Å². The molecule has 0 aliphatic heterocycles. The average Bonchev–Trinajstić information content (AvgIpc) is 2.77. The second-order valence-electron chi connectivity index (χ2n) is 5.04. The SMILES string of the molecule is CCNC(CC(C)CC)c1snnc1C(C)C. The number of rotatable bonds is 7. The fraction of sp³-hybridized carbons (Fsp3) is 0.846. The summed E-state index contributed by atoms with van der Waals surface area (Å²) in [7, 11) is 0. The molecule has 0 radical (unpaired) electrons. The lowest BCUT2D eigenvalue weighted by atomic mass is 9.96. The van der Waals surface area contributed by atoms with Gasteiger partial charge in [-0.3, -0.25) is 0 Å². The van der Waals surface area contributed by atoms with E-state index in [2.05, 4.69) is 49.5 Å². The summed E-state index contributed by atoms with van der Waals surface area (Å²) in [4.78, 5) is 1.34. The Morgan fingerprint density at radius 1 is 1.24 bits per heavy atom. The summed E-state index contributed by atoms with van der Waals surface area (Å²) in [5, 5.41) is 7.86. The zero-order valence-electron chi connectivity index (χ0n) is 11.7. The Balaban J connectivity index is 2.84. The van der Waals surface area contributed by atoms with Crippen molar-refractivity contribution in [3.8, 4) is 0 Å². The molecule has 0 spiro atoms. The fourth-order valence-corrected chi connectivity index (χ4v) is 2.84. The first-order chi connectivity index (χ1) is 8.10. The molecule has 2 unspecified atom stereocenters. The molecule has 1 aromatic heterocycles. The molecule has 1 heterocycles. The van der Waals surface area contributed by atoms with Crippen LogP contribution in [0.3, 0.4) is 0 Å². The van der Waals surface area contributed by atoms with E-state index in [1.165, 1.54) is 23.4 Å². The van der Waals surface area contributed by atoms with Crippen molar-refractivity contribution in [1.82, 2.24) is 14.9 Å². The standard InChI is InChI=1S/C13H25N3S/c1-6-10(5)8-11(14-7-2)13-12(9(3)4)15-16-17-13/h9-11,14H,6-8H2,1-5H3. The highest BCUT2D eigenvalue weighted by Crippen LogP contribution is 2.30. The zero-order valence-corrected chi connectivity index (χ0v) is 12.5. The van der Waals surface area contributed by atoms with Crippen LogP contribution < -0.4 is 5.32 Å². The minimum Gasteiger partial charge on any atom is -0.309 e. The van der Waals surface area contributed by atoms with Crippen molar-refractivity contribution < 1.29 is 0 Å². The molecule has 1 rings (SSSR count). The number of nitrogens with zero attached hydrogens (tertiary/aromatic N) is 2. The summed E-state index contributed by atoms with van der Waals surface area (Å²) in [6.07, 6.45) is 2.40. The number of nitrogens with one attached hydrogen (secondary N) is 1. The Labute approximate surface area is 109 Å². The molecule has 0 aromatic carbocycles. The summed E-state index contributed by atoms with van der Waals surface area (Å²) >= 11 is 1.55. The summed E-state index contributed by atoms with van der Waals surface area (Å²) in [6, 6.07) is 0.423. The van der Waals surface area contributed by atoms with Crippen molar-refractivity contribution in [3.63, 3.8) is 0 Å². The molecule has 0 aliphatic rings. The predicted octanol–water partition coefficient (Wildman–Crippen LogP) is 3.75. The summed E-state index contributed by atoms with van der Waals surface area (Å²) in [6.45, 7) is 12.1. The van der Waals surface area contributed by atoms with Gasteiger partial charge in [-0.05, 0) is 36.3 Å². The highest BCUT2D eigenvalue weighted by atomic mass is 32.1.